The molecule has 0 spiro atoms. The molecule has 0 aromatic carbocycles. The summed E-state index contributed by atoms with van der Waals surface area (Å²) in [5.41, 5.74) is 6.15. The van der Waals surface area contributed by atoms with Crippen LogP contribution in [0.25, 0.3) is 0 Å². The second-order valence-electron chi connectivity index (χ2n) is 6.52. The van der Waals surface area contributed by atoms with Gasteiger partial charge in [-0.2, -0.15) is 0 Å². The van der Waals surface area contributed by atoms with Gasteiger partial charge in [0.15, 0.2) is 0 Å². The van der Waals surface area contributed by atoms with Crippen molar-refractivity contribution >= 4 is 0 Å². The summed E-state index contributed by atoms with van der Waals surface area (Å²) in [6.07, 6.45) is 5.43. The van der Waals surface area contributed by atoms with Gasteiger partial charge in [-0.05, 0) is 43.4 Å². The van der Waals surface area contributed by atoms with Gasteiger partial charge in [-0.3, -0.25) is 4.90 Å². The number of piperidine rings is 1. The quantitative estimate of drug-likeness (QED) is 0.741. The van der Waals surface area contributed by atoms with Crippen molar-refractivity contribution < 1.29 is 0 Å². The van der Waals surface area contributed by atoms with Crippen LogP contribution in [0.3, 0.4) is 0 Å². The monoisotopic (exact) mass is 224 g/mol. The first-order chi connectivity index (χ1) is 7.56. The predicted molar refractivity (Wildman–Crippen MR) is 69.3 cm³/mol. The molecule has 2 rings (SSSR count). The average molecular weight is 224 g/mol. The molecule has 2 N–H and O–H groups in total. The standard InChI is InChI=1S/C14H28N2/c1-10-4-5-14(12(3)6-10)16-8-11(2)7-13(15)9-16/h10-14H,4-9,15H2,1-3H3. The predicted octanol–water partition coefficient (Wildman–Crippen LogP) is 2.48. The van der Waals surface area contributed by atoms with E-state index in [0.717, 1.165) is 30.3 Å². The van der Waals surface area contributed by atoms with E-state index in [2.05, 4.69) is 25.7 Å². The van der Waals surface area contributed by atoms with E-state index in [0.29, 0.717) is 6.04 Å². The number of rotatable bonds is 1. The van der Waals surface area contributed by atoms with E-state index in [1.807, 2.05) is 0 Å². The second-order valence-corrected chi connectivity index (χ2v) is 6.52. The van der Waals surface area contributed by atoms with Crippen LogP contribution in [0.15, 0.2) is 0 Å². The van der Waals surface area contributed by atoms with Crippen LogP contribution in [0.2, 0.25) is 0 Å². The minimum Gasteiger partial charge on any atom is -0.327 e. The van der Waals surface area contributed by atoms with Crippen molar-refractivity contribution in [2.24, 2.45) is 23.5 Å². The molecule has 1 saturated carbocycles. The van der Waals surface area contributed by atoms with Gasteiger partial charge in [-0.1, -0.05) is 20.8 Å². The van der Waals surface area contributed by atoms with E-state index in [1.165, 1.54) is 32.2 Å². The van der Waals surface area contributed by atoms with Gasteiger partial charge in [0.05, 0.1) is 0 Å². The Morgan fingerprint density at radius 3 is 2.31 bits per heavy atom. The Labute approximate surface area is 101 Å². The first kappa shape index (κ1) is 12.4. The number of hydrogen-bond acceptors (Lipinski definition) is 2. The highest BCUT2D eigenvalue weighted by Gasteiger charge is 2.33. The summed E-state index contributed by atoms with van der Waals surface area (Å²) < 4.78 is 0. The van der Waals surface area contributed by atoms with Gasteiger partial charge in [-0.15, -0.1) is 0 Å². The average Bonchev–Trinajstić information content (AvgIpc) is 2.15. The molecule has 5 unspecified atom stereocenters. The van der Waals surface area contributed by atoms with Gasteiger partial charge in [0.1, 0.15) is 0 Å². The van der Waals surface area contributed by atoms with Crippen LogP contribution in [0, 0.1) is 17.8 Å². The minimum absolute atomic E-state index is 0.412. The highest BCUT2D eigenvalue weighted by atomic mass is 15.2. The summed E-state index contributed by atoms with van der Waals surface area (Å²) in [6.45, 7) is 9.59. The number of nitrogens with zero attached hydrogens (tertiary/aromatic N) is 1. The second kappa shape index (κ2) is 5.05. The summed E-state index contributed by atoms with van der Waals surface area (Å²) in [5.74, 6) is 2.58. The highest BCUT2D eigenvalue weighted by Crippen LogP contribution is 2.33. The molecule has 0 aromatic rings. The molecule has 94 valence electrons. The molecule has 2 aliphatic rings. The van der Waals surface area contributed by atoms with Crippen LogP contribution in [-0.2, 0) is 0 Å². The molecule has 0 amide bonds. The molecule has 1 aliphatic carbocycles. The third-order valence-electron chi connectivity index (χ3n) is 4.58. The van der Waals surface area contributed by atoms with Crippen LogP contribution >= 0.6 is 0 Å². The van der Waals surface area contributed by atoms with E-state index in [1.54, 1.807) is 0 Å². The molecule has 1 heterocycles. The Bertz CT molecular complexity index is 219. The van der Waals surface area contributed by atoms with Crippen LogP contribution in [0.5, 0.6) is 0 Å². The SMILES string of the molecule is CC1CCC(N2CC(C)CC(N)C2)C(C)C1. The van der Waals surface area contributed by atoms with Crippen LogP contribution in [0.1, 0.15) is 46.5 Å². The normalized spacial score (nSPS) is 46.9. The van der Waals surface area contributed by atoms with E-state index >= 15 is 0 Å². The Hall–Kier alpha value is -0.0800. The molecule has 0 bridgehead atoms. The summed E-state index contributed by atoms with van der Waals surface area (Å²) in [4.78, 5) is 2.69. The zero-order chi connectivity index (χ0) is 11.7. The molecule has 1 saturated heterocycles. The molecule has 16 heavy (non-hydrogen) atoms. The van der Waals surface area contributed by atoms with Crippen LogP contribution in [-0.4, -0.2) is 30.1 Å². The van der Waals surface area contributed by atoms with Gasteiger partial charge in [0.2, 0.25) is 0 Å². The largest absolute Gasteiger partial charge is 0.327 e. The van der Waals surface area contributed by atoms with Crippen molar-refractivity contribution in [1.82, 2.24) is 4.90 Å². The Kier molecular flexibility index (Phi) is 3.91. The van der Waals surface area contributed by atoms with E-state index in [4.69, 9.17) is 5.73 Å². The maximum Gasteiger partial charge on any atom is 0.0170 e. The highest BCUT2D eigenvalue weighted by molar-refractivity contribution is 4.88. The fourth-order valence-electron chi connectivity index (χ4n) is 3.90. The minimum atomic E-state index is 0.412. The molecular formula is C14H28N2. The van der Waals surface area contributed by atoms with Crippen molar-refractivity contribution in [2.45, 2.75) is 58.5 Å². The van der Waals surface area contributed by atoms with Gasteiger partial charge < -0.3 is 5.73 Å². The Morgan fingerprint density at radius 2 is 1.69 bits per heavy atom. The molecule has 0 radical (unpaired) electrons. The number of hydrogen-bond donors (Lipinski definition) is 1. The van der Waals surface area contributed by atoms with Crippen molar-refractivity contribution in [3.8, 4) is 0 Å². The lowest BCUT2D eigenvalue weighted by molar-refractivity contribution is 0.0513. The van der Waals surface area contributed by atoms with E-state index in [9.17, 15) is 0 Å². The maximum atomic E-state index is 6.15. The number of nitrogens with two attached hydrogens (primary N) is 1. The fourth-order valence-corrected chi connectivity index (χ4v) is 3.90. The summed E-state index contributed by atoms with van der Waals surface area (Å²) >= 11 is 0. The molecule has 2 fully saturated rings. The molecule has 1 aliphatic heterocycles. The Balaban J connectivity index is 1.95. The van der Waals surface area contributed by atoms with Crippen molar-refractivity contribution in [1.29, 1.82) is 0 Å². The molecular weight excluding hydrogens is 196 g/mol. The first-order valence-corrected chi connectivity index (χ1v) is 7.06. The third kappa shape index (κ3) is 2.78. The lowest BCUT2D eigenvalue weighted by Crippen LogP contribution is -2.53. The van der Waals surface area contributed by atoms with Crippen LogP contribution < -0.4 is 5.73 Å². The molecule has 2 nitrogen and oxygen atoms in total. The summed E-state index contributed by atoms with van der Waals surface area (Å²) in [7, 11) is 0. The van der Waals surface area contributed by atoms with Gasteiger partial charge in [0.25, 0.3) is 0 Å². The van der Waals surface area contributed by atoms with Crippen molar-refractivity contribution in [3.63, 3.8) is 0 Å². The van der Waals surface area contributed by atoms with Crippen LogP contribution in [0.4, 0.5) is 0 Å². The van der Waals surface area contributed by atoms with E-state index in [-0.39, 0.29) is 0 Å². The molecule has 0 aromatic heterocycles. The summed E-state index contributed by atoms with van der Waals surface area (Å²) in [5, 5.41) is 0. The maximum absolute atomic E-state index is 6.15. The lowest BCUT2D eigenvalue weighted by Gasteiger charge is -2.45. The number of likely N-dealkylation sites (tertiary alicyclic amines) is 1. The smallest absolute Gasteiger partial charge is 0.0170 e. The fraction of sp³-hybridized carbons (Fsp3) is 1.00. The van der Waals surface area contributed by atoms with Crippen molar-refractivity contribution in [2.75, 3.05) is 13.1 Å². The molecule has 2 heteroatoms. The van der Waals surface area contributed by atoms with Gasteiger partial charge in [-0.25, -0.2) is 0 Å². The first-order valence-electron chi connectivity index (χ1n) is 7.06. The third-order valence-corrected chi connectivity index (χ3v) is 4.58. The topological polar surface area (TPSA) is 29.3 Å². The van der Waals surface area contributed by atoms with E-state index < -0.39 is 0 Å². The zero-order valence-electron chi connectivity index (χ0n) is 11.2. The van der Waals surface area contributed by atoms with Crippen molar-refractivity contribution in [3.05, 3.63) is 0 Å². The molecule has 5 atom stereocenters. The van der Waals surface area contributed by atoms with Gasteiger partial charge in [0, 0.05) is 25.2 Å². The van der Waals surface area contributed by atoms with Gasteiger partial charge >= 0.3 is 0 Å². The summed E-state index contributed by atoms with van der Waals surface area (Å²) in [6, 6.07) is 1.22. The Morgan fingerprint density at radius 1 is 0.938 bits per heavy atom. The lowest BCUT2D eigenvalue weighted by atomic mass is 9.78. The zero-order valence-corrected chi connectivity index (χ0v) is 11.2.